The molecule has 51 heavy (non-hydrogen) atoms. The van der Waals surface area contributed by atoms with E-state index in [4.69, 9.17) is 0 Å². The van der Waals surface area contributed by atoms with Gasteiger partial charge in [0.2, 0.25) is 0 Å². The maximum absolute atomic E-state index is 2.47. The van der Waals surface area contributed by atoms with Crippen LogP contribution in [0.2, 0.25) is 0 Å². The van der Waals surface area contributed by atoms with Gasteiger partial charge in [0.1, 0.15) is 0 Å². The highest BCUT2D eigenvalue weighted by Gasteiger charge is 2.35. The third-order valence-electron chi connectivity index (χ3n) is 11.8. The summed E-state index contributed by atoms with van der Waals surface area (Å²) < 4.78 is 0. The highest BCUT2D eigenvalue weighted by atomic mass is 14.4. The van der Waals surface area contributed by atoms with Crippen molar-refractivity contribution in [1.29, 1.82) is 0 Å². The van der Waals surface area contributed by atoms with Crippen LogP contribution in [0, 0.1) is 0 Å². The van der Waals surface area contributed by atoms with Crippen LogP contribution in [0.25, 0.3) is 98.4 Å². The lowest BCUT2D eigenvalue weighted by atomic mass is 9.81. The Morgan fingerprint density at radius 1 is 0.314 bits per heavy atom. The van der Waals surface area contributed by atoms with E-state index in [1.807, 2.05) is 0 Å². The Hall–Kier alpha value is -6.24. The first-order chi connectivity index (χ1) is 25.1. The Morgan fingerprint density at radius 2 is 0.922 bits per heavy atom. The molecule has 1 aliphatic rings. The minimum absolute atomic E-state index is 0.0338. The van der Waals surface area contributed by atoms with Gasteiger partial charge in [-0.25, -0.2) is 0 Å². The summed E-state index contributed by atoms with van der Waals surface area (Å²) in [6.07, 6.45) is 0. The van der Waals surface area contributed by atoms with Gasteiger partial charge in [-0.2, -0.15) is 0 Å². The molecule has 0 aliphatic heterocycles. The predicted molar refractivity (Wildman–Crippen MR) is 219 cm³/mol. The largest absolute Gasteiger partial charge is 0.0622 e. The van der Waals surface area contributed by atoms with Crippen LogP contribution in [0.5, 0.6) is 0 Å². The number of hydrogen-bond donors (Lipinski definition) is 0. The molecule has 0 heteroatoms. The molecular formula is C51H34. The lowest BCUT2D eigenvalue weighted by Gasteiger charge is -2.22. The second kappa shape index (κ2) is 10.4. The average molecular weight is 647 g/mol. The van der Waals surface area contributed by atoms with Crippen molar-refractivity contribution < 1.29 is 0 Å². The third kappa shape index (κ3) is 3.96. The standard InChI is InChI=1S/C51H34/c1-51(2)45-18-9-8-15-37(45)43-30-36(24-28-46(43)51)48-38-16-6-7-17-39(38)50(42-27-23-35(29-44(42)48)31-11-4-3-5-12-31)41-26-22-34-20-19-32-13-10-14-33-21-25-40(41)49(34)47(32)33/h3-30H,1-2H3. The molecule has 0 unspecified atom stereocenters. The minimum atomic E-state index is -0.0338. The maximum Gasteiger partial charge on any atom is 0.0158 e. The Morgan fingerprint density at radius 3 is 1.75 bits per heavy atom. The molecule has 0 heterocycles. The molecule has 11 rings (SSSR count). The van der Waals surface area contributed by atoms with E-state index in [1.165, 1.54) is 109 Å². The molecule has 1 aliphatic carbocycles. The fourth-order valence-electron chi connectivity index (χ4n) is 9.42. The molecular weight excluding hydrogens is 613 g/mol. The van der Waals surface area contributed by atoms with Crippen LogP contribution in [0.15, 0.2) is 170 Å². The van der Waals surface area contributed by atoms with Crippen LogP contribution in [0.3, 0.4) is 0 Å². The molecule has 10 aromatic rings. The summed E-state index contributed by atoms with van der Waals surface area (Å²) in [5.41, 5.74) is 13.1. The van der Waals surface area contributed by atoms with Gasteiger partial charge in [0.05, 0.1) is 0 Å². The average Bonchev–Trinajstić information content (AvgIpc) is 3.41. The molecule has 10 aromatic carbocycles. The molecule has 0 spiro atoms. The quantitative estimate of drug-likeness (QED) is 0.132. The number of hydrogen-bond acceptors (Lipinski definition) is 0. The molecule has 0 N–H and O–H groups in total. The lowest BCUT2D eigenvalue weighted by Crippen LogP contribution is -2.14. The summed E-state index contributed by atoms with van der Waals surface area (Å²) in [5.74, 6) is 0. The van der Waals surface area contributed by atoms with Gasteiger partial charge in [0, 0.05) is 5.41 Å². The van der Waals surface area contributed by atoms with Gasteiger partial charge in [-0.05, 0) is 122 Å². The van der Waals surface area contributed by atoms with Crippen LogP contribution < -0.4 is 0 Å². The van der Waals surface area contributed by atoms with Crippen molar-refractivity contribution in [2.75, 3.05) is 0 Å². The zero-order valence-electron chi connectivity index (χ0n) is 28.7. The SMILES string of the molecule is CC1(C)c2ccccc2-c2cc(-c3c4ccccc4c(-c4ccc5ccc6cccc7ccc4c5c67)c4ccc(-c5ccccc5)cc34)ccc21. The summed E-state index contributed by atoms with van der Waals surface area (Å²) in [4.78, 5) is 0. The fraction of sp³-hybridized carbons (Fsp3) is 0.0588. The molecule has 0 fully saturated rings. The Labute approximate surface area is 297 Å². The summed E-state index contributed by atoms with van der Waals surface area (Å²) in [7, 11) is 0. The molecule has 238 valence electrons. The van der Waals surface area contributed by atoms with Crippen molar-refractivity contribution in [2.45, 2.75) is 19.3 Å². The van der Waals surface area contributed by atoms with Crippen molar-refractivity contribution in [3.63, 3.8) is 0 Å². The van der Waals surface area contributed by atoms with Gasteiger partial charge in [-0.1, -0.05) is 172 Å². The van der Waals surface area contributed by atoms with E-state index >= 15 is 0 Å². The van der Waals surface area contributed by atoms with Gasteiger partial charge >= 0.3 is 0 Å². The summed E-state index contributed by atoms with van der Waals surface area (Å²) >= 11 is 0. The zero-order valence-corrected chi connectivity index (χ0v) is 28.7. The normalized spacial score (nSPS) is 13.5. The predicted octanol–water partition coefficient (Wildman–Crippen LogP) is 14.2. The van der Waals surface area contributed by atoms with Crippen LogP contribution >= 0.6 is 0 Å². The van der Waals surface area contributed by atoms with Crippen LogP contribution in [-0.4, -0.2) is 0 Å². The minimum Gasteiger partial charge on any atom is -0.0622 e. The van der Waals surface area contributed by atoms with Crippen molar-refractivity contribution in [3.05, 3.63) is 181 Å². The second-order valence-corrected chi connectivity index (χ2v) is 14.8. The molecule has 0 saturated carbocycles. The second-order valence-electron chi connectivity index (χ2n) is 14.8. The maximum atomic E-state index is 2.47. The highest BCUT2D eigenvalue weighted by Crippen LogP contribution is 2.52. The molecule has 0 atom stereocenters. The van der Waals surface area contributed by atoms with Crippen molar-refractivity contribution >= 4 is 53.9 Å². The molecule has 0 aromatic heterocycles. The van der Waals surface area contributed by atoms with E-state index in [0.717, 1.165) is 0 Å². The molecule has 0 amide bonds. The topological polar surface area (TPSA) is 0 Å². The zero-order chi connectivity index (χ0) is 33.8. The summed E-state index contributed by atoms with van der Waals surface area (Å²) in [6, 6.07) is 63.8. The Bertz CT molecular complexity index is 3020. The number of fused-ring (bicyclic) bond motifs is 5. The first-order valence-corrected chi connectivity index (χ1v) is 18.0. The molecule has 0 nitrogen and oxygen atoms in total. The van der Waals surface area contributed by atoms with E-state index in [1.54, 1.807) is 0 Å². The van der Waals surface area contributed by atoms with Crippen LogP contribution in [0.4, 0.5) is 0 Å². The number of rotatable bonds is 3. The van der Waals surface area contributed by atoms with E-state index in [-0.39, 0.29) is 5.41 Å². The van der Waals surface area contributed by atoms with Crippen molar-refractivity contribution in [1.82, 2.24) is 0 Å². The fourth-order valence-corrected chi connectivity index (χ4v) is 9.42. The van der Waals surface area contributed by atoms with Crippen LogP contribution in [-0.2, 0) is 5.41 Å². The first-order valence-electron chi connectivity index (χ1n) is 18.0. The summed E-state index contributed by atoms with van der Waals surface area (Å²) in [6.45, 7) is 4.72. The molecule has 0 saturated heterocycles. The van der Waals surface area contributed by atoms with E-state index < -0.39 is 0 Å². The van der Waals surface area contributed by atoms with Gasteiger partial charge < -0.3 is 0 Å². The van der Waals surface area contributed by atoms with Crippen LogP contribution in [0.1, 0.15) is 25.0 Å². The van der Waals surface area contributed by atoms with E-state index in [0.29, 0.717) is 0 Å². The third-order valence-corrected chi connectivity index (χ3v) is 11.8. The van der Waals surface area contributed by atoms with E-state index in [9.17, 15) is 0 Å². The molecule has 0 radical (unpaired) electrons. The van der Waals surface area contributed by atoms with E-state index in [2.05, 4.69) is 184 Å². The van der Waals surface area contributed by atoms with Crippen molar-refractivity contribution in [3.8, 4) is 44.5 Å². The number of benzene rings is 10. The Balaban J connectivity index is 1.27. The Kier molecular flexibility index (Phi) is 5.82. The van der Waals surface area contributed by atoms with Crippen molar-refractivity contribution in [2.24, 2.45) is 0 Å². The smallest absolute Gasteiger partial charge is 0.0158 e. The van der Waals surface area contributed by atoms with Gasteiger partial charge in [0.15, 0.2) is 0 Å². The molecule has 0 bridgehead atoms. The summed E-state index contributed by atoms with van der Waals surface area (Å²) in [5, 5.41) is 13.0. The first kappa shape index (κ1) is 28.6. The monoisotopic (exact) mass is 646 g/mol. The van der Waals surface area contributed by atoms with Gasteiger partial charge in [-0.15, -0.1) is 0 Å². The lowest BCUT2D eigenvalue weighted by molar-refractivity contribution is 0.660. The highest BCUT2D eigenvalue weighted by molar-refractivity contribution is 6.29. The van der Waals surface area contributed by atoms with Gasteiger partial charge in [-0.3, -0.25) is 0 Å². The van der Waals surface area contributed by atoms with Gasteiger partial charge in [0.25, 0.3) is 0 Å².